The first-order valence-corrected chi connectivity index (χ1v) is 9.96. The Kier molecular flexibility index (Phi) is 6.58. The van der Waals surface area contributed by atoms with Gasteiger partial charge in [-0.3, -0.25) is 4.79 Å². The number of hydrogen-bond donors (Lipinski definition) is 1. The molecule has 0 saturated carbocycles. The number of piperidine rings is 1. The van der Waals surface area contributed by atoms with Gasteiger partial charge in [0.15, 0.2) is 0 Å². The molecule has 2 aromatic rings. The van der Waals surface area contributed by atoms with Crippen molar-refractivity contribution in [3.05, 3.63) is 54.6 Å². The maximum atomic E-state index is 12.4. The normalized spacial score (nSPS) is 16.8. The Labute approximate surface area is 159 Å². The molecule has 3 rings (SSSR count). The number of carbonyl (C=O) groups is 1. The molecule has 1 N–H and O–H groups in total. The monoisotopic (exact) mass is 370 g/mol. The number of amides is 1. The van der Waals surface area contributed by atoms with Gasteiger partial charge in [-0.15, -0.1) is 11.8 Å². The summed E-state index contributed by atoms with van der Waals surface area (Å²) in [6.07, 6.45) is 2.40. The molecule has 2 aromatic carbocycles. The molecule has 1 fully saturated rings. The minimum Gasteiger partial charge on any atom is -0.490 e. The molecule has 1 atom stereocenters. The second kappa shape index (κ2) is 9.10. The second-order valence-electron chi connectivity index (χ2n) is 6.71. The quantitative estimate of drug-likeness (QED) is 0.771. The van der Waals surface area contributed by atoms with Crippen molar-refractivity contribution in [2.24, 2.45) is 0 Å². The Morgan fingerprint density at radius 3 is 2.42 bits per heavy atom. The Hall–Kier alpha value is -1.98. The van der Waals surface area contributed by atoms with E-state index in [2.05, 4.69) is 17.3 Å². The van der Waals surface area contributed by atoms with Crippen LogP contribution in [0.15, 0.2) is 59.5 Å². The summed E-state index contributed by atoms with van der Waals surface area (Å²) in [5.41, 5.74) is 0.797. The van der Waals surface area contributed by atoms with Gasteiger partial charge in [0.25, 0.3) is 0 Å². The molecule has 1 heterocycles. The minimum absolute atomic E-state index is 0.00263. The van der Waals surface area contributed by atoms with Crippen molar-refractivity contribution in [2.45, 2.75) is 36.0 Å². The van der Waals surface area contributed by atoms with Crippen LogP contribution in [0.5, 0.6) is 5.75 Å². The van der Waals surface area contributed by atoms with Gasteiger partial charge in [-0.25, -0.2) is 0 Å². The first-order valence-electron chi connectivity index (χ1n) is 9.08. The highest BCUT2D eigenvalue weighted by Crippen LogP contribution is 2.25. The fourth-order valence-electron chi connectivity index (χ4n) is 2.91. The maximum Gasteiger partial charge on any atom is 0.237 e. The zero-order chi connectivity index (χ0) is 18.4. The molecule has 1 amide bonds. The third-order valence-corrected chi connectivity index (χ3v) is 5.63. The number of nitrogens with zero attached hydrogens (tertiary/aromatic N) is 1. The van der Waals surface area contributed by atoms with E-state index in [4.69, 9.17) is 4.74 Å². The van der Waals surface area contributed by atoms with Crippen LogP contribution in [0, 0.1) is 0 Å². The first kappa shape index (κ1) is 18.8. The van der Waals surface area contributed by atoms with Crippen molar-refractivity contribution in [2.75, 3.05) is 25.5 Å². The first-order chi connectivity index (χ1) is 12.6. The van der Waals surface area contributed by atoms with E-state index >= 15 is 0 Å². The van der Waals surface area contributed by atoms with Gasteiger partial charge in [-0.2, -0.15) is 0 Å². The average Bonchev–Trinajstić information content (AvgIpc) is 2.66. The lowest BCUT2D eigenvalue weighted by atomic mass is 10.1. The molecule has 26 heavy (non-hydrogen) atoms. The predicted molar refractivity (Wildman–Crippen MR) is 108 cm³/mol. The Bertz CT molecular complexity index is 698. The van der Waals surface area contributed by atoms with Crippen LogP contribution in [0.2, 0.25) is 0 Å². The molecule has 0 aromatic heterocycles. The highest BCUT2D eigenvalue weighted by molar-refractivity contribution is 8.00. The number of thioether (sulfide) groups is 1. The summed E-state index contributed by atoms with van der Waals surface area (Å²) >= 11 is 1.56. The van der Waals surface area contributed by atoms with Gasteiger partial charge in [0.2, 0.25) is 5.91 Å². The number of rotatable bonds is 6. The summed E-state index contributed by atoms with van der Waals surface area (Å²) in [4.78, 5) is 15.8. The summed E-state index contributed by atoms with van der Waals surface area (Å²) in [5.74, 6) is 0.868. The Morgan fingerprint density at radius 1 is 1.12 bits per heavy atom. The van der Waals surface area contributed by atoms with Gasteiger partial charge >= 0.3 is 0 Å². The van der Waals surface area contributed by atoms with Gasteiger partial charge < -0.3 is 15.0 Å². The van der Waals surface area contributed by atoms with Crippen LogP contribution in [0.3, 0.4) is 0 Å². The molecule has 5 heteroatoms. The SMILES string of the molecule is CC(Sc1ccccc1)C(=O)Nc1ccc(OC2CCN(C)CC2)cc1. The lowest BCUT2D eigenvalue weighted by Gasteiger charge is -2.29. The van der Waals surface area contributed by atoms with Gasteiger partial charge in [0, 0.05) is 23.7 Å². The summed E-state index contributed by atoms with van der Waals surface area (Å²) in [6.45, 7) is 4.08. The summed E-state index contributed by atoms with van der Waals surface area (Å²) < 4.78 is 6.05. The van der Waals surface area contributed by atoms with Crippen LogP contribution in [-0.4, -0.2) is 42.3 Å². The molecule has 1 aliphatic rings. The van der Waals surface area contributed by atoms with Gasteiger partial charge in [-0.05, 0) is 63.2 Å². The summed E-state index contributed by atoms with van der Waals surface area (Å²) in [7, 11) is 2.14. The number of carbonyl (C=O) groups excluding carboxylic acids is 1. The molecular weight excluding hydrogens is 344 g/mol. The molecule has 0 aliphatic carbocycles. The van der Waals surface area contributed by atoms with Crippen molar-refractivity contribution in [1.29, 1.82) is 0 Å². The molecule has 4 nitrogen and oxygen atoms in total. The van der Waals surface area contributed by atoms with Gasteiger partial charge in [0.05, 0.1) is 5.25 Å². The third kappa shape index (κ3) is 5.51. The fraction of sp³-hybridized carbons (Fsp3) is 0.381. The Balaban J connectivity index is 1.49. The molecular formula is C21H26N2O2S. The largest absolute Gasteiger partial charge is 0.490 e. The van der Waals surface area contributed by atoms with E-state index in [1.807, 2.05) is 61.5 Å². The molecule has 1 aliphatic heterocycles. The average molecular weight is 371 g/mol. The van der Waals surface area contributed by atoms with Crippen molar-refractivity contribution in [1.82, 2.24) is 4.90 Å². The van der Waals surface area contributed by atoms with Crippen LogP contribution >= 0.6 is 11.8 Å². The minimum atomic E-state index is -0.160. The smallest absolute Gasteiger partial charge is 0.237 e. The van der Waals surface area contributed by atoms with E-state index in [9.17, 15) is 4.79 Å². The lowest BCUT2D eigenvalue weighted by molar-refractivity contribution is -0.115. The highest BCUT2D eigenvalue weighted by Gasteiger charge is 2.18. The molecule has 1 saturated heterocycles. The lowest BCUT2D eigenvalue weighted by Crippen LogP contribution is -2.35. The number of anilines is 1. The van der Waals surface area contributed by atoms with Gasteiger partial charge in [-0.1, -0.05) is 18.2 Å². The number of nitrogens with one attached hydrogen (secondary N) is 1. The molecule has 1 unspecified atom stereocenters. The third-order valence-electron chi connectivity index (χ3n) is 4.52. The molecule has 0 bridgehead atoms. The standard InChI is InChI=1S/C21H26N2O2S/c1-16(26-20-6-4-3-5-7-20)21(24)22-17-8-10-18(11-9-17)25-19-12-14-23(2)15-13-19/h3-11,16,19H,12-15H2,1-2H3,(H,22,24). The highest BCUT2D eigenvalue weighted by atomic mass is 32.2. The van der Waals surface area contributed by atoms with Crippen molar-refractivity contribution >= 4 is 23.4 Å². The molecule has 0 radical (unpaired) electrons. The summed E-state index contributed by atoms with van der Waals surface area (Å²) in [6, 6.07) is 17.7. The van der Waals surface area contributed by atoms with E-state index in [0.29, 0.717) is 0 Å². The number of likely N-dealkylation sites (tertiary alicyclic amines) is 1. The van der Waals surface area contributed by atoms with Crippen LogP contribution < -0.4 is 10.1 Å². The second-order valence-corrected chi connectivity index (χ2v) is 8.12. The topological polar surface area (TPSA) is 41.6 Å². The van der Waals surface area contributed by atoms with E-state index in [1.54, 1.807) is 11.8 Å². The van der Waals surface area contributed by atoms with Crippen LogP contribution in [0.1, 0.15) is 19.8 Å². The van der Waals surface area contributed by atoms with E-state index in [-0.39, 0.29) is 17.3 Å². The zero-order valence-corrected chi connectivity index (χ0v) is 16.2. The van der Waals surface area contributed by atoms with Crippen LogP contribution in [0.4, 0.5) is 5.69 Å². The zero-order valence-electron chi connectivity index (χ0n) is 15.4. The van der Waals surface area contributed by atoms with Crippen molar-refractivity contribution in [3.63, 3.8) is 0 Å². The molecule has 138 valence electrons. The van der Waals surface area contributed by atoms with E-state index in [0.717, 1.165) is 42.3 Å². The Morgan fingerprint density at radius 2 is 1.77 bits per heavy atom. The fourth-order valence-corrected chi connectivity index (χ4v) is 3.80. The number of benzene rings is 2. The number of hydrogen-bond acceptors (Lipinski definition) is 4. The maximum absolute atomic E-state index is 12.4. The van der Waals surface area contributed by atoms with Crippen molar-refractivity contribution < 1.29 is 9.53 Å². The summed E-state index contributed by atoms with van der Waals surface area (Å²) in [5, 5.41) is 2.82. The van der Waals surface area contributed by atoms with Crippen LogP contribution in [-0.2, 0) is 4.79 Å². The van der Waals surface area contributed by atoms with E-state index in [1.165, 1.54) is 0 Å². The predicted octanol–water partition coefficient (Wildman–Crippen LogP) is 4.28. The van der Waals surface area contributed by atoms with Gasteiger partial charge in [0.1, 0.15) is 11.9 Å². The number of ether oxygens (including phenoxy) is 1. The van der Waals surface area contributed by atoms with Crippen molar-refractivity contribution in [3.8, 4) is 5.75 Å². The van der Waals surface area contributed by atoms with Crippen LogP contribution in [0.25, 0.3) is 0 Å². The van der Waals surface area contributed by atoms with E-state index < -0.39 is 0 Å². The molecule has 0 spiro atoms.